The Kier molecular flexibility index (Phi) is 8.60. The molecular weight excluding hydrogens is 542 g/mol. The zero-order chi connectivity index (χ0) is 25.0. The van der Waals surface area contributed by atoms with Crippen molar-refractivity contribution in [1.82, 2.24) is 5.32 Å². The summed E-state index contributed by atoms with van der Waals surface area (Å²) in [4.78, 5) is 12.4. The van der Waals surface area contributed by atoms with Gasteiger partial charge in [0, 0.05) is 16.6 Å². The predicted octanol–water partition coefficient (Wildman–Crippen LogP) is 6.82. The topological polar surface area (TPSA) is 84.5 Å². The maximum atomic E-state index is 12.7. The number of carbonyl (C=O) groups is 1. The third kappa shape index (κ3) is 6.71. The fraction of sp³-hybridized carbons (Fsp3) is 0.174. The van der Waals surface area contributed by atoms with Crippen molar-refractivity contribution in [3.63, 3.8) is 0 Å². The minimum atomic E-state index is -3.96. The average molecular weight is 562 g/mol. The highest BCUT2D eigenvalue weighted by molar-refractivity contribution is 7.92. The molecule has 0 fully saturated rings. The van der Waals surface area contributed by atoms with E-state index in [1.807, 2.05) is 13.8 Å². The molecule has 0 aliphatic rings. The Labute approximate surface area is 218 Å². The predicted molar refractivity (Wildman–Crippen MR) is 137 cm³/mol. The van der Waals surface area contributed by atoms with Gasteiger partial charge < -0.3 is 10.1 Å². The van der Waals surface area contributed by atoms with Crippen LogP contribution >= 0.6 is 46.4 Å². The molecule has 0 aromatic heterocycles. The van der Waals surface area contributed by atoms with E-state index >= 15 is 0 Å². The number of sulfonamides is 1. The van der Waals surface area contributed by atoms with Crippen molar-refractivity contribution in [3.8, 4) is 5.75 Å². The maximum Gasteiger partial charge on any atom is 0.263 e. The van der Waals surface area contributed by atoms with Crippen LogP contribution in [0.2, 0.25) is 20.1 Å². The lowest BCUT2D eigenvalue weighted by Gasteiger charge is -2.13. The summed E-state index contributed by atoms with van der Waals surface area (Å²) in [5.41, 5.74) is 1.10. The van der Waals surface area contributed by atoms with Crippen molar-refractivity contribution in [2.45, 2.75) is 31.4 Å². The molecule has 3 rings (SSSR count). The monoisotopic (exact) mass is 560 g/mol. The number of ether oxygens (including phenoxy) is 1. The van der Waals surface area contributed by atoms with Crippen LogP contribution in [0.5, 0.6) is 5.75 Å². The van der Waals surface area contributed by atoms with E-state index in [-0.39, 0.29) is 49.8 Å². The first-order chi connectivity index (χ1) is 16.0. The molecule has 0 atom stereocenters. The highest BCUT2D eigenvalue weighted by atomic mass is 35.5. The van der Waals surface area contributed by atoms with Gasteiger partial charge in [0.05, 0.1) is 27.4 Å². The van der Waals surface area contributed by atoms with Gasteiger partial charge in [0.1, 0.15) is 10.6 Å². The number of hydrogen-bond acceptors (Lipinski definition) is 4. The molecule has 3 aromatic rings. The number of rotatable bonds is 8. The summed E-state index contributed by atoms with van der Waals surface area (Å²) in [5.74, 6) is 0.178. The molecule has 0 unspecified atom stereocenters. The van der Waals surface area contributed by atoms with Crippen LogP contribution in [0.3, 0.4) is 0 Å². The van der Waals surface area contributed by atoms with Gasteiger partial charge in [0.15, 0.2) is 0 Å². The first kappa shape index (κ1) is 26.4. The molecule has 0 saturated heterocycles. The van der Waals surface area contributed by atoms with E-state index < -0.39 is 10.0 Å². The third-order valence-electron chi connectivity index (χ3n) is 4.49. The van der Waals surface area contributed by atoms with Gasteiger partial charge in [-0.1, -0.05) is 52.5 Å². The first-order valence-electron chi connectivity index (χ1n) is 9.97. The molecule has 0 bridgehead atoms. The van der Waals surface area contributed by atoms with Crippen molar-refractivity contribution in [3.05, 3.63) is 85.8 Å². The lowest BCUT2D eigenvalue weighted by Crippen LogP contribution is -2.23. The average Bonchev–Trinajstić information content (AvgIpc) is 2.72. The molecule has 0 aliphatic heterocycles. The first-order valence-corrected chi connectivity index (χ1v) is 13.0. The number of anilines is 1. The van der Waals surface area contributed by atoms with E-state index in [0.29, 0.717) is 16.3 Å². The summed E-state index contributed by atoms with van der Waals surface area (Å²) >= 11 is 24.4. The second kappa shape index (κ2) is 11.1. The van der Waals surface area contributed by atoms with Crippen LogP contribution in [0.4, 0.5) is 5.69 Å². The molecule has 6 nitrogen and oxygen atoms in total. The second-order valence-electron chi connectivity index (χ2n) is 7.48. The van der Waals surface area contributed by atoms with Crippen molar-refractivity contribution < 1.29 is 17.9 Å². The molecule has 0 heterocycles. The summed E-state index contributed by atoms with van der Waals surface area (Å²) in [6.07, 6.45) is -0.0199. The number of nitrogens with one attached hydrogen (secondary N) is 2. The van der Waals surface area contributed by atoms with Crippen LogP contribution in [0, 0.1) is 0 Å². The van der Waals surface area contributed by atoms with Gasteiger partial charge in [-0.25, -0.2) is 8.42 Å². The van der Waals surface area contributed by atoms with E-state index in [0.717, 1.165) is 0 Å². The number of carbonyl (C=O) groups excluding carboxylic acids is 1. The summed E-state index contributed by atoms with van der Waals surface area (Å²) < 4.78 is 33.3. The van der Waals surface area contributed by atoms with Crippen molar-refractivity contribution in [1.29, 1.82) is 0 Å². The fourth-order valence-corrected chi connectivity index (χ4v) is 5.28. The van der Waals surface area contributed by atoms with Crippen molar-refractivity contribution in [2.24, 2.45) is 0 Å². The number of halogens is 4. The standard InChI is InChI=1S/C23H20Cl4N2O4S/c1-13(2)33-17-6-7-18(20(26)11-17)23(30)28-12-14-3-5-16(10-19(14)25)29-34(31,32)22-8-4-15(24)9-21(22)27/h3-11,13,29H,12H2,1-2H3,(H,28,30). The Morgan fingerprint density at radius 3 is 2.26 bits per heavy atom. The molecule has 1 amide bonds. The number of amides is 1. The van der Waals surface area contributed by atoms with Gasteiger partial charge in [-0.2, -0.15) is 0 Å². The molecule has 180 valence electrons. The maximum absolute atomic E-state index is 12.7. The molecule has 11 heteroatoms. The molecular formula is C23H20Cl4N2O4S. The summed E-state index contributed by atoms with van der Waals surface area (Å²) in [5, 5.41) is 3.57. The van der Waals surface area contributed by atoms with Crippen LogP contribution in [-0.4, -0.2) is 20.4 Å². The Hall–Kier alpha value is -2.16. The summed E-state index contributed by atoms with van der Waals surface area (Å²) in [7, 11) is -3.96. The largest absolute Gasteiger partial charge is 0.491 e. The van der Waals surface area contributed by atoms with Crippen molar-refractivity contribution in [2.75, 3.05) is 4.72 Å². The molecule has 3 aromatic carbocycles. The zero-order valence-corrected chi connectivity index (χ0v) is 21.9. The minimum absolute atomic E-state index is 0.00658. The fourth-order valence-electron chi connectivity index (χ4n) is 2.95. The van der Waals surface area contributed by atoms with E-state index in [9.17, 15) is 13.2 Å². The van der Waals surface area contributed by atoms with Crippen LogP contribution in [0.25, 0.3) is 0 Å². The van der Waals surface area contributed by atoms with Gasteiger partial charge in [-0.05, 0) is 67.9 Å². The van der Waals surface area contributed by atoms with E-state index in [1.165, 1.54) is 30.3 Å². The van der Waals surface area contributed by atoms with Crippen molar-refractivity contribution >= 4 is 68.0 Å². The van der Waals surface area contributed by atoms with Crippen LogP contribution < -0.4 is 14.8 Å². The smallest absolute Gasteiger partial charge is 0.263 e. The molecule has 0 saturated carbocycles. The summed E-state index contributed by atoms with van der Waals surface area (Å²) in [6.45, 7) is 3.89. The normalized spacial score (nSPS) is 11.4. The molecule has 0 spiro atoms. The molecule has 0 aliphatic carbocycles. The van der Waals surface area contributed by atoms with Gasteiger partial charge >= 0.3 is 0 Å². The number of hydrogen-bond donors (Lipinski definition) is 2. The highest BCUT2D eigenvalue weighted by Crippen LogP contribution is 2.29. The van der Waals surface area contributed by atoms with Gasteiger partial charge in [0.2, 0.25) is 0 Å². The second-order valence-corrected chi connectivity index (χ2v) is 10.8. The lowest BCUT2D eigenvalue weighted by atomic mass is 10.1. The van der Waals surface area contributed by atoms with E-state index in [4.69, 9.17) is 51.1 Å². The van der Waals surface area contributed by atoms with Crippen LogP contribution in [-0.2, 0) is 16.6 Å². The highest BCUT2D eigenvalue weighted by Gasteiger charge is 2.19. The van der Waals surface area contributed by atoms with Gasteiger partial charge in [-0.3, -0.25) is 9.52 Å². The Morgan fingerprint density at radius 1 is 0.912 bits per heavy atom. The minimum Gasteiger partial charge on any atom is -0.491 e. The third-order valence-corrected chi connectivity index (χ3v) is 7.25. The number of benzene rings is 3. The SMILES string of the molecule is CC(C)Oc1ccc(C(=O)NCc2ccc(NS(=O)(=O)c3ccc(Cl)cc3Cl)cc2Cl)c(Cl)c1. The van der Waals surface area contributed by atoms with Gasteiger partial charge in [-0.15, -0.1) is 0 Å². The Morgan fingerprint density at radius 2 is 1.65 bits per heavy atom. The Bertz CT molecular complexity index is 1330. The van der Waals surface area contributed by atoms with E-state index in [2.05, 4.69) is 10.0 Å². The summed E-state index contributed by atoms with van der Waals surface area (Å²) in [6, 6.07) is 13.5. The molecule has 2 N–H and O–H groups in total. The Balaban J connectivity index is 1.68. The zero-order valence-electron chi connectivity index (χ0n) is 18.0. The van der Waals surface area contributed by atoms with E-state index in [1.54, 1.807) is 24.3 Å². The lowest BCUT2D eigenvalue weighted by molar-refractivity contribution is 0.0951. The van der Waals surface area contributed by atoms with Crippen LogP contribution in [0.15, 0.2) is 59.5 Å². The quantitative estimate of drug-likeness (QED) is 0.316. The van der Waals surface area contributed by atoms with Crippen LogP contribution in [0.1, 0.15) is 29.8 Å². The molecule has 34 heavy (non-hydrogen) atoms. The van der Waals surface area contributed by atoms with Gasteiger partial charge in [0.25, 0.3) is 15.9 Å². The molecule has 0 radical (unpaired) electrons.